The SMILES string of the molecule is COc1ccc([C@@H]2c3cc4c(cc3O[C@@H]3C=CC(=C(c5ccc(Cl)cc5)c5ccc(Cl)cc5)[C@H]23)OCO4)cc1. The number of ether oxygens (including phenoxy) is 4. The van der Waals surface area contributed by atoms with Crippen molar-refractivity contribution in [2.75, 3.05) is 13.9 Å². The minimum atomic E-state index is -0.158. The first-order valence-electron chi connectivity index (χ1n) is 12.8. The molecule has 4 aromatic rings. The molecule has 7 rings (SSSR count). The molecule has 0 saturated carbocycles. The fourth-order valence-corrected chi connectivity index (χ4v) is 6.15. The maximum atomic E-state index is 6.64. The fourth-order valence-electron chi connectivity index (χ4n) is 5.89. The third-order valence-corrected chi connectivity index (χ3v) is 8.17. The number of fused-ring (bicyclic) bond motifs is 3. The van der Waals surface area contributed by atoms with Gasteiger partial charge in [0, 0.05) is 33.5 Å². The third-order valence-electron chi connectivity index (χ3n) is 7.67. The van der Waals surface area contributed by atoms with Gasteiger partial charge in [-0.3, -0.25) is 0 Å². The highest BCUT2D eigenvalue weighted by Crippen LogP contribution is 2.54. The lowest BCUT2D eigenvalue weighted by molar-refractivity contribution is 0.169. The molecule has 2 aliphatic heterocycles. The summed E-state index contributed by atoms with van der Waals surface area (Å²) < 4.78 is 23.6. The zero-order valence-electron chi connectivity index (χ0n) is 21.1. The van der Waals surface area contributed by atoms with Crippen LogP contribution in [0.15, 0.2) is 103 Å². The van der Waals surface area contributed by atoms with Crippen LogP contribution in [0.3, 0.4) is 0 Å². The molecule has 4 nitrogen and oxygen atoms in total. The second-order valence-electron chi connectivity index (χ2n) is 9.81. The average molecular weight is 555 g/mol. The first-order chi connectivity index (χ1) is 19.1. The Morgan fingerprint density at radius 3 is 2.00 bits per heavy atom. The Bertz CT molecular complexity index is 1560. The zero-order valence-corrected chi connectivity index (χ0v) is 22.6. The Kier molecular flexibility index (Phi) is 6.03. The largest absolute Gasteiger partial charge is 0.497 e. The number of rotatable bonds is 4. The van der Waals surface area contributed by atoms with E-state index in [1.807, 2.05) is 42.5 Å². The van der Waals surface area contributed by atoms with Crippen LogP contribution in [0.25, 0.3) is 5.57 Å². The molecule has 0 bridgehead atoms. The lowest BCUT2D eigenvalue weighted by Crippen LogP contribution is -2.34. The van der Waals surface area contributed by atoms with Crippen LogP contribution >= 0.6 is 23.2 Å². The molecule has 4 aromatic carbocycles. The number of benzene rings is 4. The van der Waals surface area contributed by atoms with Crippen LogP contribution < -0.4 is 18.9 Å². The molecule has 0 radical (unpaired) electrons. The van der Waals surface area contributed by atoms with E-state index in [0.717, 1.165) is 39.5 Å². The van der Waals surface area contributed by atoms with Crippen molar-refractivity contribution in [2.24, 2.45) is 5.92 Å². The van der Waals surface area contributed by atoms with Crippen molar-refractivity contribution in [2.45, 2.75) is 12.0 Å². The van der Waals surface area contributed by atoms with E-state index in [2.05, 4.69) is 54.6 Å². The molecule has 0 aromatic heterocycles. The number of halogens is 2. The smallest absolute Gasteiger partial charge is 0.231 e. The van der Waals surface area contributed by atoms with Crippen molar-refractivity contribution < 1.29 is 18.9 Å². The van der Waals surface area contributed by atoms with Gasteiger partial charge in [-0.25, -0.2) is 0 Å². The van der Waals surface area contributed by atoms with E-state index in [9.17, 15) is 0 Å². The number of methoxy groups -OCH3 is 1. The Morgan fingerprint density at radius 2 is 1.38 bits per heavy atom. The highest BCUT2D eigenvalue weighted by Gasteiger charge is 2.44. The Hall–Kier alpha value is -3.86. The first-order valence-corrected chi connectivity index (χ1v) is 13.5. The van der Waals surface area contributed by atoms with Gasteiger partial charge in [-0.05, 0) is 76.4 Å². The van der Waals surface area contributed by atoms with Gasteiger partial charge in [-0.15, -0.1) is 0 Å². The van der Waals surface area contributed by atoms with Crippen LogP contribution in [0.1, 0.15) is 28.2 Å². The molecule has 39 heavy (non-hydrogen) atoms. The molecule has 3 aliphatic rings. The minimum Gasteiger partial charge on any atom is -0.497 e. The van der Waals surface area contributed by atoms with E-state index in [1.165, 1.54) is 11.1 Å². The molecule has 1 aliphatic carbocycles. The van der Waals surface area contributed by atoms with Gasteiger partial charge >= 0.3 is 0 Å². The monoisotopic (exact) mass is 554 g/mol. The summed E-state index contributed by atoms with van der Waals surface area (Å²) in [6, 6.07) is 28.3. The van der Waals surface area contributed by atoms with Gasteiger partial charge in [0.1, 0.15) is 17.6 Å². The fraction of sp³-hybridized carbons (Fsp3) is 0.152. The van der Waals surface area contributed by atoms with Crippen molar-refractivity contribution in [1.82, 2.24) is 0 Å². The van der Waals surface area contributed by atoms with Crippen molar-refractivity contribution in [1.29, 1.82) is 0 Å². The number of hydrogen-bond donors (Lipinski definition) is 0. The Labute approximate surface area is 237 Å². The highest BCUT2D eigenvalue weighted by molar-refractivity contribution is 6.31. The molecule has 0 fully saturated rings. The Morgan fingerprint density at radius 1 is 0.769 bits per heavy atom. The van der Waals surface area contributed by atoms with E-state index >= 15 is 0 Å². The van der Waals surface area contributed by atoms with Crippen LogP contribution in [0, 0.1) is 5.92 Å². The predicted molar refractivity (Wildman–Crippen MR) is 153 cm³/mol. The van der Waals surface area contributed by atoms with E-state index in [4.69, 9.17) is 42.1 Å². The van der Waals surface area contributed by atoms with Gasteiger partial charge in [-0.2, -0.15) is 0 Å². The van der Waals surface area contributed by atoms with Crippen LogP contribution in [0.4, 0.5) is 0 Å². The molecule has 0 spiro atoms. The summed E-state index contributed by atoms with van der Waals surface area (Å²) in [5, 5.41) is 1.39. The lowest BCUT2D eigenvalue weighted by atomic mass is 9.72. The Balaban J connectivity index is 1.46. The van der Waals surface area contributed by atoms with Crippen LogP contribution in [-0.4, -0.2) is 20.0 Å². The normalized spacial score (nSPS) is 20.3. The van der Waals surface area contributed by atoms with E-state index < -0.39 is 0 Å². The minimum absolute atomic E-state index is 0.00115. The maximum absolute atomic E-state index is 6.64. The molecule has 0 amide bonds. The van der Waals surface area contributed by atoms with E-state index in [-0.39, 0.29) is 24.7 Å². The maximum Gasteiger partial charge on any atom is 0.231 e. The average Bonchev–Trinajstić information content (AvgIpc) is 3.59. The van der Waals surface area contributed by atoms with Gasteiger partial charge in [-0.1, -0.05) is 65.7 Å². The third kappa shape index (κ3) is 4.25. The lowest BCUT2D eigenvalue weighted by Gasteiger charge is -2.38. The molecule has 6 heteroatoms. The van der Waals surface area contributed by atoms with Crippen molar-refractivity contribution >= 4 is 28.8 Å². The van der Waals surface area contributed by atoms with Gasteiger partial charge in [0.2, 0.25) is 6.79 Å². The van der Waals surface area contributed by atoms with Crippen molar-refractivity contribution in [3.05, 3.63) is 135 Å². The second-order valence-corrected chi connectivity index (χ2v) is 10.7. The van der Waals surface area contributed by atoms with Crippen LogP contribution in [-0.2, 0) is 0 Å². The van der Waals surface area contributed by atoms with E-state index in [0.29, 0.717) is 15.8 Å². The molecule has 0 saturated heterocycles. The molecular formula is C33H24Cl2O4. The summed E-state index contributed by atoms with van der Waals surface area (Å²) in [5.41, 5.74) is 6.70. The summed E-state index contributed by atoms with van der Waals surface area (Å²) in [4.78, 5) is 0. The van der Waals surface area contributed by atoms with Crippen molar-refractivity contribution in [3.63, 3.8) is 0 Å². The van der Waals surface area contributed by atoms with E-state index in [1.54, 1.807) is 7.11 Å². The van der Waals surface area contributed by atoms with Gasteiger partial charge in [0.05, 0.1) is 7.11 Å². The zero-order chi connectivity index (χ0) is 26.5. The molecule has 3 atom stereocenters. The van der Waals surface area contributed by atoms with Gasteiger partial charge in [0.25, 0.3) is 0 Å². The van der Waals surface area contributed by atoms with Crippen LogP contribution in [0.2, 0.25) is 10.0 Å². The molecular weight excluding hydrogens is 531 g/mol. The first kappa shape index (κ1) is 24.2. The standard InChI is InChI=1S/C33H24Cl2O4/c1-36-24-12-6-21(7-13-24)32-26-16-29-30(38-18-37-29)17-28(26)39-27-15-14-25(33(27)32)31(19-2-8-22(34)9-3-19)20-4-10-23(35)11-5-20/h2-17,27,32-33H,18H2,1H3/t27-,32-,33+/m1/s1. The predicted octanol–water partition coefficient (Wildman–Crippen LogP) is 8.31. The van der Waals surface area contributed by atoms with Gasteiger partial charge < -0.3 is 18.9 Å². The molecule has 0 N–H and O–H groups in total. The summed E-state index contributed by atoms with van der Waals surface area (Å²) in [7, 11) is 1.68. The van der Waals surface area contributed by atoms with Crippen molar-refractivity contribution in [3.8, 4) is 23.0 Å². The summed E-state index contributed by atoms with van der Waals surface area (Å²) >= 11 is 12.6. The summed E-state index contributed by atoms with van der Waals surface area (Å²) in [6.07, 6.45) is 4.21. The number of hydrogen-bond acceptors (Lipinski definition) is 4. The molecule has 194 valence electrons. The summed E-state index contributed by atoms with van der Waals surface area (Å²) in [5.74, 6) is 3.08. The quantitative estimate of drug-likeness (QED) is 0.254. The summed E-state index contributed by atoms with van der Waals surface area (Å²) in [6.45, 7) is 0.209. The molecule has 2 heterocycles. The highest BCUT2D eigenvalue weighted by atomic mass is 35.5. The number of allylic oxidation sites excluding steroid dienone is 1. The second kappa shape index (κ2) is 9.71. The van der Waals surface area contributed by atoms with Gasteiger partial charge in [0.15, 0.2) is 11.5 Å². The van der Waals surface area contributed by atoms with Crippen LogP contribution in [0.5, 0.6) is 23.0 Å². The molecule has 0 unspecified atom stereocenters. The topological polar surface area (TPSA) is 36.9 Å².